The number of hydrogen-bond donors (Lipinski definition) is 0. The Hall–Kier alpha value is -3.11. The molecule has 2 atom stereocenters. The minimum Gasteiger partial charge on any atom is -0.339 e. The van der Waals surface area contributed by atoms with Crippen LogP contribution in [0.25, 0.3) is 11.4 Å². The van der Waals surface area contributed by atoms with Gasteiger partial charge in [0.05, 0.1) is 10.9 Å². The topological polar surface area (TPSA) is 96.6 Å². The zero-order valence-corrected chi connectivity index (χ0v) is 19.2. The second kappa shape index (κ2) is 9.40. The summed E-state index contributed by atoms with van der Waals surface area (Å²) >= 11 is 0. The first-order valence-electron chi connectivity index (χ1n) is 10.7. The van der Waals surface area contributed by atoms with E-state index in [0.717, 1.165) is 17.7 Å². The van der Waals surface area contributed by atoms with Crippen molar-refractivity contribution in [3.8, 4) is 11.4 Å². The van der Waals surface area contributed by atoms with Gasteiger partial charge < -0.3 is 9.42 Å². The summed E-state index contributed by atoms with van der Waals surface area (Å²) in [7, 11) is -3.91. The summed E-state index contributed by atoms with van der Waals surface area (Å²) < 4.78 is 44.2. The van der Waals surface area contributed by atoms with E-state index < -0.39 is 26.8 Å². The number of piperazine rings is 1. The summed E-state index contributed by atoms with van der Waals surface area (Å²) in [5.74, 6) is 0.0121. The fourth-order valence-electron chi connectivity index (χ4n) is 3.81. The molecule has 8 nitrogen and oxygen atoms in total. The van der Waals surface area contributed by atoms with Crippen molar-refractivity contribution in [3.63, 3.8) is 0 Å². The summed E-state index contributed by atoms with van der Waals surface area (Å²) in [5.41, 5.74) is 0.867. The Morgan fingerprint density at radius 1 is 1.00 bits per heavy atom. The molecule has 2 heterocycles. The van der Waals surface area contributed by atoms with Gasteiger partial charge in [0.25, 0.3) is 0 Å². The van der Waals surface area contributed by atoms with E-state index in [0.29, 0.717) is 37.9 Å². The highest BCUT2D eigenvalue weighted by molar-refractivity contribution is 7.92. The van der Waals surface area contributed by atoms with Crippen LogP contribution in [-0.4, -0.2) is 65.7 Å². The molecule has 1 saturated heterocycles. The molecular weight excluding hydrogens is 447 g/mol. The van der Waals surface area contributed by atoms with Gasteiger partial charge in [0.1, 0.15) is 11.1 Å². The molecular formula is C23H25FN4O4S. The van der Waals surface area contributed by atoms with Gasteiger partial charge in [-0.05, 0) is 38.1 Å². The first kappa shape index (κ1) is 23.1. The molecule has 10 heteroatoms. The van der Waals surface area contributed by atoms with Crippen molar-refractivity contribution < 1.29 is 22.1 Å². The van der Waals surface area contributed by atoms with Crippen molar-refractivity contribution in [2.75, 3.05) is 26.2 Å². The fraction of sp³-hybridized carbons (Fsp3) is 0.348. The quantitative estimate of drug-likeness (QED) is 0.509. The molecule has 1 fully saturated rings. The van der Waals surface area contributed by atoms with Crippen LogP contribution >= 0.6 is 0 Å². The van der Waals surface area contributed by atoms with Gasteiger partial charge in [-0.15, -0.1) is 0 Å². The molecule has 174 valence electrons. The molecule has 2 aromatic carbocycles. The van der Waals surface area contributed by atoms with Gasteiger partial charge >= 0.3 is 0 Å². The second-order valence-corrected chi connectivity index (χ2v) is 10.3. The van der Waals surface area contributed by atoms with Crippen LogP contribution < -0.4 is 0 Å². The third-order valence-electron chi connectivity index (χ3n) is 5.96. The number of halogens is 1. The third-order valence-corrected chi connectivity index (χ3v) is 8.02. The summed E-state index contributed by atoms with van der Waals surface area (Å²) in [5, 5.41) is 2.81. The molecule has 1 amide bonds. The lowest BCUT2D eigenvalue weighted by atomic mass is 10.2. The van der Waals surface area contributed by atoms with E-state index in [-0.39, 0.29) is 10.9 Å². The average molecular weight is 473 g/mol. The van der Waals surface area contributed by atoms with E-state index >= 15 is 0 Å². The molecule has 0 saturated carbocycles. The van der Waals surface area contributed by atoms with E-state index in [1.807, 2.05) is 37.3 Å². The van der Waals surface area contributed by atoms with Crippen LogP contribution in [0.3, 0.4) is 0 Å². The molecule has 4 rings (SSSR count). The molecule has 2 unspecified atom stereocenters. The number of aromatic nitrogens is 2. The molecule has 0 aliphatic carbocycles. The highest BCUT2D eigenvalue weighted by Crippen LogP contribution is 2.24. The molecule has 1 aliphatic rings. The highest BCUT2D eigenvalue weighted by atomic mass is 32.2. The second-order valence-electron chi connectivity index (χ2n) is 8.00. The monoisotopic (exact) mass is 472 g/mol. The predicted octanol–water partition coefficient (Wildman–Crippen LogP) is 2.94. The average Bonchev–Trinajstić information content (AvgIpc) is 3.34. The van der Waals surface area contributed by atoms with E-state index in [4.69, 9.17) is 4.52 Å². The maximum atomic E-state index is 13.1. The SMILES string of the molecule is CC(c1nc(-c2ccccc2)no1)N1CCN(C(=O)C(C)S(=O)(=O)c2ccc(F)cc2)CC1. The lowest BCUT2D eigenvalue weighted by molar-refractivity contribution is -0.132. The Bertz CT molecular complexity index is 1210. The van der Waals surface area contributed by atoms with Gasteiger partial charge in [-0.25, -0.2) is 12.8 Å². The highest BCUT2D eigenvalue weighted by Gasteiger charge is 2.35. The van der Waals surface area contributed by atoms with Crippen molar-refractivity contribution >= 4 is 15.7 Å². The van der Waals surface area contributed by atoms with Gasteiger partial charge in [0, 0.05) is 31.7 Å². The molecule has 1 aliphatic heterocycles. The molecule has 0 radical (unpaired) electrons. The lowest BCUT2D eigenvalue weighted by Gasteiger charge is -2.37. The Balaban J connectivity index is 1.37. The maximum absolute atomic E-state index is 13.1. The minimum absolute atomic E-state index is 0.0670. The number of rotatable bonds is 6. The molecule has 0 bridgehead atoms. The molecule has 0 N–H and O–H groups in total. The summed E-state index contributed by atoms with van der Waals surface area (Å²) in [4.78, 5) is 21.0. The first-order chi connectivity index (χ1) is 15.8. The smallest absolute Gasteiger partial charge is 0.244 e. The number of hydrogen-bond acceptors (Lipinski definition) is 7. The molecule has 0 spiro atoms. The van der Waals surface area contributed by atoms with Crippen LogP contribution in [0.5, 0.6) is 0 Å². The Morgan fingerprint density at radius 3 is 2.27 bits per heavy atom. The van der Waals surface area contributed by atoms with Crippen LogP contribution in [0.4, 0.5) is 4.39 Å². The zero-order chi connectivity index (χ0) is 23.6. The van der Waals surface area contributed by atoms with Gasteiger partial charge in [0.15, 0.2) is 9.84 Å². The van der Waals surface area contributed by atoms with E-state index in [9.17, 15) is 17.6 Å². The molecule has 3 aromatic rings. The van der Waals surface area contributed by atoms with Crippen LogP contribution in [0.2, 0.25) is 0 Å². The van der Waals surface area contributed by atoms with Gasteiger partial charge in [-0.2, -0.15) is 4.98 Å². The van der Waals surface area contributed by atoms with Crippen molar-refractivity contribution in [3.05, 3.63) is 66.3 Å². The van der Waals surface area contributed by atoms with Crippen molar-refractivity contribution in [2.24, 2.45) is 0 Å². The minimum atomic E-state index is -3.91. The van der Waals surface area contributed by atoms with E-state index in [1.165, 1.54) is 19.1 Å². The van der Waals surface area contributed by atoms with E-state index in [2.05, 4.69) is 15.0 Å². The number of carbonyl (C=O) groups excluding carboxylic acids is 1. The Labute approximate surface area is 191 Å². The van der Waals surface area contributed by atoms with Crippen LogP contribution in [-0.2, 0) is 14.6 Å². The zero-order valence-electron chi connectivity index (χ0n) is 18.4. The number of benzene rings is 2. The summed E-state index contributed by atoms with van der Waals surface area (Å²) in [6, 6.07) is 13.9. The van der Waals surface area contributed by atoms with Crippen LogP contribution in [0.15, 0.2) is 64.0 Å². The maximum Gasteiger partial charge on any atom is 0.244 e. The van der Waals surface area contributed by atoms with Crippen LogP contribution in [0.1, 0.15) is 25.8 Å². The Kier molecular flexibility index (Phi) is 6.57. The van der Waals surface area contributed by atoms with Gasteiger partial charge in [-0.1, -0.05) is 35.5 Å². The van der Waals surface area contributed by atoms with Gasteiger partial charge in [0.2, 0.25) is 17.6 Å². The fourth-order valence-corrected chi connectivity index (χ4v) is 5.15. The summed E-state index contributed by atoms with van der Waals surface area (Å²) in [6.45, 7) is 5.18. The predicted molar refractivity (Wildman–Crippen MR) is 119 cm³/mol. The largest absolute Gasteiger partial charge is 0.339 e. The first-order valence-corrected chi connectivity index (χ1v) is 12.2. The van der Waals surface area contributed by atoms with Crippen LogP contribution in [0, 0.1) is 5.82 Å². The number of nitrogens with zero attached hydrogens (tertiary/aromatic N) is 4. The number of sulfone groups is 1. The molecule has 33 heavy (non-hydrogen) atoms. The van der Waals surface area contributed by atoms with Crippen molar-refractivity contribution in [1.29, 1.82) is 0 Å². The van der Waals surface area contributed by atoms with Crippen molar-refractivity contribution in [2.45, 2.75) is 30.0 Å². The van der Waals surface area contributed by atoms with Gasteiger partial charge in [-0.3, -0.25) is 9.69 Å². The molecule has 1 aromatic heterocycles. The third kappa shape index (κ3) is 4.81. The summed E-state index contributed by atoms with van der Waals surface area (Å²) in [6.07, 6.45) is 0. The normalized spacial score (nSPS) is 17.0. The Morgan fingerprint density at radius 2 is 1.64 bits per heavy atom. The standard InChI is InChI=1S/C23H25FN4O4S/c1-16(22-25-21(26-32-22)18-6-4-3-5-7-18)27-12-14-28(15-13-27)23(29)17(2)33(30,31)20-10-8-19(24)9-11-20/h3-11,16-17H,12-15H2,1-2H3. The number of carbonyl (C=O) groups is 1. The van der Waals surface area contributed by atoms with Crippen molar-refractivity contribution in [1.82, 2.24) is 19.9 Å². The lowest BCUT2D eigenvalue weighted by Crippen LogP contribution is -2.52. The van der Waals surface area contributed by atoms with E-state index in [1.54, 1.807) is 4.90 Å². The number of amides is 1.